The molecular weight excluding hydrogens is 202 g/mol. The predicted octanol–water partition coefficient (Wildman–Crippen LogP) is 3.80. The highest BCUT2D eigenvalue weighted by Gasteiger charge is 2.09. The minimum Gasteiger partial charge on any atom is -0.246 e. The fourth-order valence-electron chi connectivity index (χ4n) is 1.65. The van der Waals surface area contributed by atoms with Crippen LogP contribution in [0.5, 0.6) is 0 Å². The van der Waals surface area contributed by atoms with E-state index in [0.717, 1.165) is 12.1 Å². The Morgan fingerprint density at radius 3 is 2.60 bits per heavy atom. The summed E-state index contributed by atoms with van der Waals surface area (Å²) in [6.45, 7) is 4.29. The van der Waals surface area contributed by atoms with Gasteiger partial charge in [-0.25, -0.2) is 4.98 Å². The van der Waals surface area contributed by atoms with Gasteiger partial charge in [0.2, 0.25) is 0 Å². The quantitative estimate of drug-likeness (QED) is 0.762. The lowest BCUT2D eigenvalue weighted by Gasteiger charge is -2.07. The summed E-state index contributed by atoms with van der Waals surface area (Å²) < 4.78 is 0. The molecule has 0 saturated carbocycles. The summed E-state index contributed by atoms with van der Waals surface area (Å²) in [5, 5.41) is 3.37. The van der Waals surface area contributed by atoms with Crippen LogP contribution in [0.3, 0.4) is 0 Å². The second kappa shape index (κ2) is 4.58. The SMILES string of the molecule is Cc1csc(C(C)Cc2ccccc2)n1. The highest BCUT2D eigenvalue weighted by atomic mass is 32.1. The number of benzene rings is 1. The third kappa shape index (κ3) is 2.66. The lowest BCUT2D eigenvalue weighted by molar-refractivity contribution is 0.748. The average molecular weight is 217 g/mol. The molecule has 0 aliphatic heterocycles. The van der Waals surface area contributed by atoms with E-state index in [1.165, 1.54) is 10.6 Å². The topological polar surface area (TPSA) is 12.9 Å². The first kappa shape index (κ1) is 10.4. The van der Waals surface area contributed by atoms with Crippen molar-refractivity contribution in [2.24, 2.45) is 0 Å². The molecule has 1 atom stereocenters. The van der Waals surface area contributed by atoms with Crippen molar-refractivity contribution in [1.29, 1.82) is 0 Å². The van der Waals surface area contributed by atoms with Crippen molar-refractivity contribution in [2.75, 3.05) is 0 Å². The lowest BCUT2D eigenvalue weighted by atomic mass is 10.0. The lowest BCUT2D eigenvalue weighted by Crippen LogP contribution is -1.97. The molecule has 0 radical (unpaired) electrons. The summed E-state index contributed by atoms with van der Waals surface area (Å²) in [4.78, 5) is 4.53. The van der Waals surface area contributed by atoms with E-state index in [1.807, 2.05) is 0 Å². The Balaban J connectivity index is 2.07. The van der Waals surface area contributed by atoms with Gasteiger partial charge in [0.05, 0.1) is 5.01 Å². The molecule has 2 heteroatoms. The van der Waals surface area contributed by atoms with Gasteiger partial charge in [-0.1, -0.05) is 37.3 Å². The number of nitrogens with zero attached hydrogens (tertiary/aromatic N) is 1. The number of aromatic nitrogens is 1. The predicted molar refractivity (Wildman–Crippen MR) is 65.4 cm³/mol. The number of rotatable bonds is 3. The molecule has 1 aromatic carbocycles. The maximum Gasteiger partial charge on any atom is 0.0959 e. The second-order valence-corrected chi connectivity index (χ2v) is 4.81. The summed E-state index contributed by atoms with van der Waals surface area (Å²) in [7, 11) is 0. The van der Waals surface area contributed by atoms with Gasteiger partial charge in [0, 0.05) is 17.0 Å². The third-order valence-corrected chi connectivity index (χ3v) is 3.64. The molecule has 0 spiro atoms. The number of aryl methyl sites for hydroxylation is 1. The van der Waals surface area contributed by atoms with Gasteiger partial charge in [-0.15, -0.1) is 11.3 Å². The van der Waals surface area contributed by atoms with Crippen molar-refractivity contribution >= 4 is 11.3 Å². The summed E-state index contributed by atoms with van der Waals surface area (Å²) >= 11 is 1.77. The molecule has 0 amide bonds. The Morgan fingerprint density at radius 2 is 2.00 bits per heavy atom. The summed E-state index contributed by atoms with van der Waals surface area (Å²) in [6.07, 6.45) is 1.08. The van der Waals surface area contributed by atoms with Crippen molar-refractivity contribution in [2.45, 2.75) is 26.2 Å². The van der Waals surface area contributed by atoms with Crippen LogP contribution < -0.4 is 0 Å². The fourth-order valence-corrected chi connectivity index (χ4v) is 2.51. The number of hydrogen-bond donors (Lipinski definition) is 0. The normalized spacial score (nSPS) is 12.7. The maximum absolute atomic E-state index is 4.53. The molecule has 0 bridgehead atoms. The van der Waals surface area contributed by atoms with E-state index in [0.29, 0.717) is 5.92 Å². The van der Waals surface area contributed by atoms with Crippen molar-refractivity contribution in [3.8, 4) is 0 Å². The van der Waals surface area contributed by atoms with Crippen LogP contribution in [0.2, 0.25) is 0 Å². The Labute approximate surface area is 94.8 Å². The fraction of sp³-hybridized carbons (Fsp3) is 0.308. The highest BCUT2D eigenvalue weighted by molar-refractivity contribution is 7.09. The van der Waals surface area contributed by atoms with Gasteiger partial charge in [0.15, 0.2) is 0 Å². The van der Waals surface area contributed by atoms with E-state index >= 15 is 0 Å². The molecule has 2 rings (SSSR count). The first-order chi connectivity index (χ1) is 7.25. The van der Waals surface area contributed by atoms with E-state index < -0.39 is 0 Å². The molecule has 1 heterocycles. The third-order valence-electron chi connectivity index (χ3n) is 2.44. The molecule has 0 saturated heterocycles. The zero-order chi connectivity index (χ0) is 10.7. The largest absolute Gasteiger partial charge is 0.246 e. The molecule has 0 fully saturated rings. The highest BCUT2D eigenvalue weighted by Crippen LogP contribution is 2.23. The zero-order valence-electron chi connectivity index (χ0n) is 9.10. The smallest absolute Gasteiger partial charge is 0.0959 e. The van der Waals surface area contributed by atoms with Gasteiger partial charge < -0.3 is 0 Å². The van der Waals surface area contributed by atoms with Gasteiger partial charge in [-0.05, 0) is 18.9 Å². The van der Waals surface area contributed by atoms with Crippen molar-refractivity contribution in [3.05, 3.63) is 52.0 Å². The van der Waals surface area contributed by atoms with Crippen LogP contribution in [0.1, 0.15) is 29.1 Å². The zero-order valence-corrected chi connectivity index (χ0v) is 9.92. The van der Waals surface area contributed by atoms with Crippen LogP contribution in [-0.4, -0.2) is 4.98 Å². The van der Waals surface area contributed by atoms with E-state index in [4.69, 9.17) is 0 Å². The first-order valence-corrected chi connectivity index (χ1v) is 6.09. The average Bonchev–Trinajstić information content (AvgIpc) is 2.66. The molecular formula is C13H15NS. The summed E-state index contributed by atoms with van der Waals surface area (Å²) in [6, 6.07) is 10.6. The molecule has 0 aliphatic carbocycles. The summed E-state index contributed by atoms with van der Waals surface area (Å²) in [5.41, 5.74) is 2.52. The monoisotopic (exact) mass is 217 g/mol. The maximum atomic E-state index is 4.53. The van der Waals surface area contributed by atoms with Crippen molar-refractivity contribution < 1.29 is 0 Å². The van der Waals surface area contributed by atoms with E-state index in [1.54, 1.807) is 11.3 Å². The van der Waals surface area contributed by atoms with Crippen LogP contribution in [0.15, 0.2) is 35.7 Å². The van der Waals surface area contributed by atoms with Gasteiger partial charge in [-0.2, -0.15) is 0 Å². The van der Waals surface area contributed by atoms with Gasteiger partial charge in [0.1, 0.15) is 0 Å². The van der Waals surface area contributed by atoms with Crippen molar-refractivity contribution in [3.63, 3.8) is 0 Å². The standard InChI is InChI=1S/C13H15NS/c1-10(13-14-11(2)9-15-13)8-12-6-4-3-5-7-12/h3-7,9-10H,8H2,1-2H3. The van der Waals surface area contributed by atoms with Crippen LogP contribution in [0.25, 0.3) is 0 Å². The van der Waals surface area contributed by atoms with Gasteiger partial charge in [-0.3, -0.25) is 0 Å². The molecule has 78 valence electrons. The van der Waals surface area contributed by atoms with Gasteiger partial charge in [0.25, 0.3) is 0 Å². The molecule has 0 aliphatic rings. The molecule has 15 heavy (non-hydrogen) atoms. The van der Waals surface area contributed by atoms with Crippen LogP contribution in [0, 0.1) is 6.92 Å². The second-order valence-electron chi connectivity index (χ2n) is 3.92. The number of thiazole rings is 1. The molecule has 1 nitrogen and oxygen atoms in total. The first-order valence-electron chi connectivity index (χ1n) is 5.21. The van der Waals surface area contributed by atoms with Crippen molar-refractivity contribution in [1.82, 2.24) is 4.98 Å². The van der Waals surface area contributed by atoms with Gasteiger partial charge >= 0.3 is 0 Å². The van der Waals surface area contributed by atoms with Crippen LogP contribution in [-0.2, 0) is 6.42 Å². The minimum absolute atomic E-state index is 0.520. The molecule has 1 unspecified atom stereocenters. The van der Waals surface area contributed by atoms with Crippen LogP contribution >= 0.6 is 11.3 Å². The van der Waals surface area contributed by atoms with E-state index in [9.17, 15) is 0 Å². The number of hydrogen-bond acceptors (Lipinski definition) is 2. The Hall–Kier alpha value is -1.15. The summed E-state index contributed by atoms with van der Waals surface area (Å²) in [5.74, 6) is 0.520. The van der Waals surface area contributed by atoms with E-state index in [-0.39, 0.29) is 0 Å². The Bertz CT molecular complexity index is 419. The molecule has 1 aromatic heterocycles. The van der Waals surface area contributed by atoms with E-state index in [2.05, 4.69) is 54.5 Å². The Kier molecular flexibility index (Phi) is 3.17. The minimum atomic E-state index is 0.520. The Morgan fingerprint density at radius 1 is 1.27 bits per heavy atom. The van der Waals surface area contributed by atoms with Crippen LogP contribution in [0.4, 0.5) is 0 Å². The molecule has 0 N–H and O–H groups in total. The molecule has 2 aromatic rings.